The van der Waals surface area contributed by atoms with Crippen LogP contribution in [0, 0.1) is 59.7 Å². The van der Waals surface area contributed by atoms with Gasteiger partial charge in [-0.3, -0.25) is 29.0 Å². The summed E-state index contributed by atoms with van der Waals surface area (Å²) < 4.78 is 0. The molecule has 1 atom stereocenters. The number of Topliss-reactive ketones (excluding diaryl/α,β-unsaturated/α-hetero) is 4. The fourth-order valence-corrected chi connectivity index (χ4v) is 1.78. The monoisotopic (exact) mass is 589 g/mol. The zero-order valence-electron chi connectivity index (χ0n) is 28.0. The number of aryl methyl sites for hydroxylation is 1. The number of carbonyl (C=O) groups is 4. The number of aromatic nitrogens is 1. The molecule has 0 aliphatic carbocycles. The smallest absolute Gasteiger partial charge is 1.00 e. The molecule has 0 radical (unpaired) electrons. The second kappa shape index (κ2) is 30.6. The number of ketones is 4. The summed E-state index contributed by atoms with van der Waals surface area (Å²) in [5, 5.41) is 33.0. The van der Waals surface area contributed by atoms with Crippen molar-refractivity contribution in [2.24, 2.45) is 11.8 Å². The van der Waals surface area contributed by atoms with Gasteiger partial charge in [0.1, 0.15) is 23.1 Å². The fourth-order valence-electron chi connectivity index (χ4n) is 1.78. The Morgan fingerprint density at radius 3 is 1.37 bits per heavy atom. The molecule has 1 heterocycles. The second-order valence-corrected chi connectivity index (χ2v) is 8.84. The van der Waals surface area contributed by atoms with Crippen LogP contribution >= 0.6 is 0 Å². The maximum Gasteiger partial charge on any atom is 1.00 e. The molecule has 0 spiro atoms. The van der Waals surface area contributed by atoms with Gasteiger partial charge >= 0.3 is 59.1 Å². The van der Waals surface area contributed by atoms with Crippen LogP contribution in [0.25, 0.3) is 0 Å². The average molecular weight is 590 g/mol. The largest absolute Gasteiger partial charge is 1.00 e. The molecule has 41 heavy (non-hydrogen) atoms. The van der Waals surface area contributed by atoms with Gasteiger partial charge in [-0.15, -0.1) is 0 Å². The number of carbonyl (C=O) groups excluding carboxylic acids is 4. The average Bonchev–Trinajstić information content (AvgIpc) is 2.82. The first-order chi connectivity index (χ1) is 17.8. The van der Waals surface area contributed by atoms with Crippen molar-refractivity contribution in [2.45, 2.75) is 89.0 Å². The predicted octanol–water partition coefficient (Wildman–Crippen LogP) is -0.901. The van der Waals surface area contributed by atoms with Gasteiger partial charge in [0.15, 0.2) is 5.88 Å². The van der Waals surface area contributed by atoms with E-state index in [2.05, 4.69) is 11.1 Å². The molecule has 0 aliphatic heterocycles. The summed E-state index contributed by atoms with van der Waals surface area (Å²) in [5.74, 6) is -0.625. The maximum atomic E-state index is 10.6. The standard InChI is InChI=1S/C8H13N.C7H9NO2.C6H10O2.2C4H5NO.2Na.H/c1-6(2)8(4)7(3)5-9;1-4-3-6(9)8-7(10)5(4)2;1-4(5(2)7)6(3)8;2*1-4(6)2-3-5;;;/h7H,1-4H3;3H,1-2H3,(H2,8,9,10);4H,1-3H3;2*2H2,1H3;;;/q;;;;;2*+1;-1. The molecule has 10 nitrogen and oxygen atoms in total. The van der Waals surface area contributed by atoms with Gasteiger partial charge in [0.25, 0.3) is 5.56 Å². The van der Waals surface area contributed by atoms with E-state index in [-0.39, 0.29) is 114 Å². The summed E-state index contributed by atoms with van der Waals surface area (Å²) >= 11 is 0. The Balaban J connectivity index is -0.0000000727. The Hall–Kier alpha value is -2.36. The molecule has 12 heteroatoms. The van der Waals surface area contributed by atoms with Crippen molar-refractivity contribution in [3.05, 3.63) is 38.7 Å². The van der Waals surface area contributed by atoms with Crippen LogP contribution in [0.2, 0.25) is 0 Å². The Morgan fingerprint density at radius 2 is 1.22 bits per heavy atom. The molecule has 2 N–H and O–H groups in total. The van der Waals surface area contributed by atoms with Crippen molar-refractivity contribution in [2.75, 3.05) is 0 Å². The zero-order valence-corrected chi connectivity index (χ0v) is 31.0. The van der Waals surface area contributed by atoms with Gasteiger partial charge in [0, 0.05) is 11.6 Å². The van der Waals surface area contributed by atoms with E-state index in [1.165, 1.54) is 44.9 Å². The molecule has 0 saturated heterocycles. The minimum Gasteiger partial charge on any atom is -1.00 e. The molecule has 0 saturated carbocycles. The number of hydrogen-bond acceptors (Lipinski definition) is 9. The minimum absolute atomic E-state index is 0. The molecule has 0 aromatic carbocycles. The van der Waals surface area contributed by atoms with Crippen molar-refractivity contribution in [3.63, 3.8) is 0 Å². The number of aromatic hydroxyl groups is 1. The van der Waals surface area contributed by atoms with Gasteiger partial charge in [-0.05, 0) is 81.7 Å². The van der Waals surface area contributed by atoms with E-state index < -0.39 is 5.92 Å². The fraction of sp³-hybridized carbons (Fsp3) is 0.517. The van der Waals surface area contributed by atoms with Crippen LogP contribution in [-0.2, 0) is 19.2 Å². The third-order valence-corrected chi connectivity index (χ3v) is 5.04. The van der Waals surface area contributed by atoms with Gasteiger partial charge in [0.2, 0.25) is 0 Å². The van der Waals surface area contributed by atoms with E-state index in [1.807, 2.05) is 27.7 Å². The number of H-pyrrole nitrogens is 1. The first-order valence-electron chi connectivity index (χ1n) is 12.0. The molecule has 1 aromatic rings. The number of nitriles is 3. The van der Waals surface area contributed by atoms with E-state index in [0.717, 1.165) is 11.1 Å². The number of hydrogen-bond donors (Lipinski definition) is 2. The molecule has 1 aromatic heterocycles. The molecule has 216 valence electrons. The number of allylic oxidation sites excluding steroid dienone is 2. The molecular weight excluding hydrogens is 546 g/mol. The van der Waals surface area contributed by atoms with E-state index in [9.17, 15) is 24.0 Å². The Bertz CT molecular complexity index is 1120. The van der Waals surface area contributed by atoms with E-state index >= 15 is 0 Å². The van der Waals surface area contributed by atoms with Crippen LogP contribution in [-0.4, -0.2) is 33.2 Å². The number of aromatic amines is 1. The van der Waals surface area contributed by atoms with Gasteiger partial charge in [0.05, 0.1) is 42.9 Å². The van der Waals surface area contributed by atoms with E-state index in [4.69, 9.17) is 20.9 Å². The SMILES string of the molecule is CC(=O)C(C)C(C)=O.CC(=O)CC#N.CC(=O)CC#N.CC(C)=C(C)C(C)C#N.Cc1cc(=O)[nH]c(O)c1C.[H-].[Na+].[Na+]. The van der Waals surface area contributed by atoms with Crippen LogP contribution in [0.3, 0.4) is 0 Å². The summed E-state index contributed by atoms with van der Waals surface area (Å²) in [7, 11) is 0. The van der Waals surface area contributed by atoms with E-state index in [0.29, 0.717) is 0 Å². The maximum absolute atomic E-state index is 10.6. The number of rotatable bonds is 5. The van der Waals surface area contributed by atoms with E-state index in [1.54, 1.807) is 32.9 Å². The number of nitrogens with zero attached hydrogens (tertiary/aromatic N) is 3. The number of nitrogens with one attached hydrogen (secondary N) is 1. The van der Waals surface area contributed by atoms with Crippen molar-refractivity contribution in [1.29, 1.82) is 15.8 Å². The van der Waals surface area contributed by atoms with Crippen LogP contribution < -0.4 is 64.7 Å². The van der Waals surface area contributed by atoms with Crippen molar-refractivity contribution < 1.29 is 84.8 Å². The summed E-state index contributed by atoms with van der Waals surface area (Å²) in [5.41, 5.74) is 3.71. The molecule has 1 rings (SSSR count). The normalized spacial score (nSPS) is 8.80. The van der Waals surface area contributed by atoms with Gasteiger partial charge in [-0.1, -0.05) is 11.1 Å². The summed E-state index contributed by atoms with van der Waals surface area (Å²) in [6.07, 6.45) is 0.0833. The minimum atomic E-state index is -0.407. The van der Waals surface area contributed by atoms with Crippen LogP contribution in [0.4, 0.5) is 0 Å². The summed E-state index contributed by atoms with van der Waals surface area (Å²) in [6.45, 7) is 18.8. The molecule has 0 bridgehead atoms. The summed E-state index contributed by atoms with van der Waals surface area (Å²) in [6, 6.07) is 7.08. The molecule has 0 fully saturated rings. The van der Waals surface area contributed by atoms with Crippen molar-refractivity contribution in [1.82, 2.24) is 4.98 Å². The first kappa shape index (κ1) is 51.4. The third kappa shape index (κ3) is 33.7. The molecule has 1 unspecified atom stereocenters. The first-order valence-corrected chi connectivity index (χ1v) is 12.0. The van der Waals surface area contributed by atoms with Gasteiger partial charge < -0.3 is 6.53 Å². The quantitative estimate of drug-likeness (QED) is 0.249. The molecule has 0 aliphatic rings. The predicted molar refractivity (Wildman–Crippen MR) is 150 cm³/mol. The Labute approximate surface area is 290 Å². The summed E-state index contributed by atoms with van der Waals surface area (Å²) in [4.78, 5) is 53.3. The van der Waals surface area contributed by atoms with Gasteiger partial charge in [-0.2, -0.15) is 15.8 Å². The van der Waals surface area contributed by atoms with Crippen LogP contribution in [0.1, 0.15) is 87.7 Å². The van der Waals surface area contributed by atoms with Crippen molar-refractivity contribution >= 4 is 23.1 Å². The topological polar surface area (TPSA) is 193 Å². The molecular formula is C29H43N4Na2O6+. The second-order valence-electron chi connectivity index (χ2n) is 8.84. The van der Waals surface area contributed by atoms with Crippen molar-refractivity contribution in [3.8, 4) is 24.1 Å². The molecule has 0 amide bonds. The van der Waals surface area contributed by atoms with Gasteiger partial charge in [-0.25, -0.2) is 0 Å². The van der Waals surface area contributed by atoms with Crippen LogP contribution in [0.5, 0.6) is 5.88 Å². The Kier molecular flexibility index (Phi) is 38.3. The third-order valence-electron chi connectivity index (χ3n) is 5.04. The van der Waals surface area contributed by atoms with Crippen LogP contribution in [0.15, 0.2) is 22.0 Å². The zero-order chi connectivity index (χ0) is 31.9. The Morgan fingerprint density at radius 1 is 0.854 bits per heavy atom. The number of pyridine rings is 1.